The van der Waals surface area contributed by atoms with Crippen LogP contribution in [0.15, 0.2) is 29.2 Å². The third-order valence-electron chi connectivity index (χ3n) is 1.73. The Morgan fingerprint density at radius 2 is 1.67 bits per heavy atom. The highest BCUT2D eigenvalue weighted by atomic mass is 32.2. The van der Waals surface area contributed by atoms with Crippen LogP contribution in [0.5, 0.6) is 0 Å². The molecule has 0 unspecified atom stereocenters. The maximum Gasteiger partial charge on any atom is 0.175 e. The fourth-order valence-corrected chi connectivity index (χ4v) is 2.35. The SMILES string of the molecule is CS(=O)(=O)c1ccc(CP(=O)([O-])[O-])cc1. The molecule has 0 saturated carbocycles. The Morgan fingerprint density at radius 1 is 1.20 bits per heavy atom. The molecule has 0 heterocycles. The third kappa shape index (κ3) is 4.13. The van der Waals surface area contributed by atoms with Crippen molar-refractivity contribution in [2.75, 3.05) is 6.26 Å². The molecule has 0 atom stereocenters. The predicted octanol–water partition coefficient (Wildman–Crippen LogP) is -0.496. The number of sulfone groups is 1. The van der Waals surface area contributed by atoms with Gasteiger partial charge in [-0.1, -0.05) is 19.7 Å². The monoisotopic (exact) mass is 248 g/mol. The fraction of sp³-hybridized carbons (Fsp3) is 0.250. The normalized spacial score (nSPS) is 12.7. The summed E-state index contributed by atoms with van der Waals surface area (Å²) in [6.07, 6.45) is 0.450. The number of benzene rings is 1. The van der Waals surface area contributed by atoms with Crippen molar-refractivity contribution in [3.05, 3.63) is 29.8 Å². The van der Waals surface area contributed by atoms with E-state index in [9.17, 15) is 22.8 Å². The smallest absolute Gasteiger partial charge is 0.175 e. The van der Waals surface area contributed by atoms with E-state index in [1.165, 1.54) is 24.3 Å². The molecule has 0 radical (unpaired) electrons. The molecule has 0 bridgehead atoms. The molecule has 1 aromatic rings. The molecular weight excluding hydrogens is 239 g/mol. The van der Waals surface area contributed by atoms with Crippen LogP contribution < -0.4 is 9.79 Å². The quantitative estimate of drug-likeness (QED) is 0.672. The van der Waals surface area contributed by atoms with Crippen LogP contribution in [0.2, 0.25) is 0 Å². The summed E-state index contributed by atoms with van der Waals surface area (Å²) in [7, 11) is -7.88. The largest absolute Gasteiger partial charge is 0.810 e. The van der Waals surface area contributed by atoms with Gasteiger partial charge in [0.25, 0.3) is 0 Å². The lowest BCUT2D eigenvalue weighted by atomic mass is 10.2. The van der Waals surface area contributed by atoms with Gasteiger partial charge in [0, 0.05) is 12.4 Å². The van der Waals surface area contributed by atoms with Crippen molar-refractivity contribution in [2.24, 2.45) is 0 Å². The zero-order valence-corrected chi connectivity index (χ0v) is 9.62. The van der Waals surface area contributed by atoms with Crippen molar-refractivity contribution >= 4 is 17.4 Å². The molecule has 0 aliphatic rings. The van der Waals surface area contributed by atoms with Crippen LogP contribution in [-0.4, -0.2) is 14.7 Å². The maximum absolute atomic E-state index is 11.1. The van der Waals surface area contributed by atoms with Crippen molar-refractivity contribution in [1.82, 2.24) is 0 Å². The average Bonchev–Trinajstić information content (AvgIpc) is 2.00. The Morgan fingerprint density at radius 3 is 2.00 bits per heavy atom. The molecule has 0 fully saturated rings. The Hall–Kier alpha value is -0.680. The molecular formula is C8H9O5PS-2. The Bertz CT molecular complexity index is 484. The van der Waals surface area contributed by atoms with Crippen LogP contribution in [0.1, 0.15) is 5.56 Å². The molecule has 0 spiro atoms. The van der Waals surface area contributed by atoms with Crippen molar-refractivity contribution in [1.29, 1.82) is 0 Å². The van der Waals surface area contributed by atoms with E-state index < -0.39 is 23.6 Å². The second kappa shape index (κ2) is 4.06. The number of hydrogen-bond donors (Lipinski definition) is 0. The van der Waals surface area contributed by atoms with E-state index in [2.05, 4.69) is 0 Å². The van der Waals surface area contributed by atoms with Gasteiger partial charge in [0.05, 0.1) is 4.90 Å². The van der Waals surface area contributed by atoms with E-state index in [1.807, 2.05) is 0 Å². The molecule has 1 rings (SSSR count). The van der Waals surface area contributed by atoms with Gasteiger partial charge >= 0.3 is 0 Å². The zero-order valence-electron chi connectivity index (χ0n) is 7.91. The lowest BCUT2D eigenvalue weighted by Crippen LogP contribution is -2.15. The van der Waals surface area contributed by atoms with Gasteiger partial charge in [0.1, 0.15) is 0 Å². The van der Waals surface area contributed by atoms with Crippen LogP contribution in [0, 0.1) is 0 Å². The Balaban J connectivity index is 2.97. The minimum absolute atomic E-state index is 0.0953. The summed E-state index contributed by atoms with van der Waals surface area (Å²) in [5.74, 6) is 0. The highest BCUT2D eigenvalue weighted by Crippen LogP contribution is 2.29. The van der Waals surface area contributed by atoms with Gasteiger partial charge in [-0.2, -0.15) is 0 Å². The van der Waals surface area contributed by atoms with Crippen molar-refractivity contribution < 1.29 is 22.8 Å². The van der Waals surface area contributed by atoms with E-state index in [-0.39, 0.29) is 10.5 Å². The van der Waals surface area contributed by atoms with Crippen LogP contribution in [0.3, 0.4) is 0 Å². The zero-order chi connectivity index (χ0) is 11.7. The second-order valence-corrected chi connectivity index (χ2v) is 6.74. The molecule has 1 aromatic carbocycles. The summed E-state index contributed by atoms with van der Waals surface area (Å²) in [4.78, 5) is 21.0. The molecule has 0 aliphatic heterocycles. The minimum Gasteiger partial charge on any atom is -0.810 e. The van der Waals surface area contributed by atoms with Gasteiger partial charge < -0.3 is 14.4 Å². The van der Waals surface area contributed by atoms with E-state index in [4.69, 9.17) is 0 Å². The molecule has 15 heavy (non-hydrogen) atoms. The molecule has 0 aromatic heterocycles. The van der Waals surface area contributed by atoms with Gasteiger partial charge in [-0.15, -0.1) is 0 Å². The van der Waals surface area contributed by atoms with E-state index >= 15 is 0 Å². The predicted molar refractivity (Wildman–Crippen MR) is 50.9 cm³/mol. The molecule has 0 saturated heterocycles. The van der Waals surface area contributed by atoms with Gasteiger partial charge in [-0.25, -0.2) is 8.42 Å². The number of hydrogen-bond acceptors (Lipinski definition) is 5. The summed E-state index contributed by atoms with van der Waals surface area (Å²) in [6, 6.07) is 5.19. The first-order chi connectivity index (χ1) is 6.68. The first kappa shape index (κ1) is 12.4. The first-order valence-corrected chi connectivity index (χ1v) is 7.60. The summed E-state index contributed by atoms with van der Waals surface area (Å²) < 4.78 is 32.5. The van der Waals surface area contributed by atoms with Gasteiger partial charge in [0.2, 0.25) is 0 Å². The maximum atomic E-state index is 11.1. The van der Waals surface area contributed by atoms with Crippen LogP contribution >= 0.6 is 7.60 Å². The van der Waals surface area contributed by atoms with E-state index in [0.29, 0.717) is 0 Å². The van der Waals surface area contributed by atoms with Gasteiger partial charge in [-0.05, 0) is 17.7 Å². The standard InChI is InChI=1S/C8H11O5PS/c1-15(12,13)8-4-2-7(3-5-8)6-14(9,10)11/h2-5H,6H2,1H3,(H2,9,10,11)/p-2. The third-order valence-corrected chi connectivity index (χ3v) is 3.61. The molecule has 5 nitrogen and oxygen atoms in total. The highest BCUT2D eigenvalue weighted by molar-refractivity contribution is 7.90. The topological polar surface area (TPSA) is 97.3 Å². The Labute approximate surface area is 87.8 Å². The van der Waals surface area contributed by atoms with E-state index in [1.54, 1.807) is 0 Å². The first-order valence-electron chi connectivity index (χ1n) is 3.98. The van der Waals surface area contributed by atoms with Crippen LogP contribution in [0.25, 0.3) is 0 Å². The molecule has 7 heteroatoms. The molecule has 0 aliphatic carbocycles. The van der Waals surface area contributed by atoms with Crippen molar-refractivity contribution in [2.45, 2.75) is 11.1 Å². The molecule has 84 valence electrons. The summed E-state index contributed by atoms with van der Waals surface area (Å²) in [6.45, 7) is 0. The number of rotatable bonds is 3. The molecule has 0 N–H and O–H groups in total. The lowest BCUT2D eigenvalue weighted by Gasteiger charge is -2.29. The average molecular weight is 248 g/mol. The van der Waals surface area contributed by atoms with Crippen molar-refractivity contribution in [3.8, 4) is 0 Å². The fourth-order valence-electron chi connectivity index (χ4n) is 1.07. The summed E-state index contributed by atoms with van der Waals surface area (Å²) >= 11 is 0. The van der Waals surface area contributed by atoms with Gasteiger partial charge in [0.15, 0.2) is 9.84 Å². The van der Waals surface area contributed by atoms with Crippen LogP contribution in [0.4, 0.5) is 0 Å². The van der Waals surface area contributed by atoms with Crippen molar-refractivity contribution in [3.63, 3.8) is 0 Å². The summed E-state index contributed by atoms with van der Waals surface area (Å²) in [5.41, 5.74) is 0.288. The lowest BCUT2D eigenvalue weighted by molar-refractivity contribution is -0.314. The second-order valence-electron chi connectivity index (χ2n) is 3.19. The summed E-state index contributed by atoms with van der Waals surface area (Å²) in [5, 5.41) is 0. The van der Waals surface area contributed by atoms with E-state index in [0.717, 1.165) is 6.26 Å². The van der Waals surface area contributed by atoms with Gasteiger partial charge in [-0.3, -0.25) is 0 Å². The van der Waals surface area contributed by atoms with Crippen LogP contribution in [-0.2, 0) is 20.6 Å². The molecule has 0 amide bonds. The Kier molecular flexibility index (Phi) is 3.35. The highest BCUT2D eigenvalue weighted by Gasteiger charge is 2.06. The minimum atomic E-state index is -4.59.